The van der Waals surface area contributed by atoms with E-state index in [0.29, 0.717) is 0 Å². The molecule has 2 aromatic carbocycles. The smallest absolute Gasteiger partial charge is 0.340 e. The van der Waals surface area contributed by atoms with Crippen molar-refractivity contribution in [2.45, 2.75) is 32.5 Å². The van der Waals surface area contributed by atoms with E-state index >= 15 is 0 Å². The number of hydrogen-bond acceptors (Lipinski definition) is 3. The minimum Gasteiger partial charge on any atom is -0.461 e. The predicted molar refractivity (Wildman–Crippen MR) is 79.5 cm³/mol. The molecule has 3 nitrogen and oxygen atoms in total. The second kappa shape index (κ2) is 6.53. The third-order valence-electron chi connectivity index (χ3n) is 3.45. The van der Waals surface area contributed by atoms with E-state index < -0.39 is 6.10 Å². The Morgan fingerprint density at radius 2 is 1.85 bits per heavy atom. The maximum atomic E-state index is 12.2. The van der Waals surface area contributed by atoms with E-state index in [1.165, 1.54) is 7.11 Å². The Morgan fingerprint density at radius 3 is 2.55 bits per heavy atom. The summed E-state index contributed by atoms with van der Waals surface area (Å²) in [4.78, 5) is 12.2. The van der Waals surface area contributed by atoms with Crippen molar-refractivity contribution in [3.63, 3.8) is 0 Å². The molecule has 0 saturated heterocycles. The first kappa shape index (κ1) is 14.5. The van der Waals surface area contributed by atoms with Crippen LogP contribution in [0.5, 0.6) is 0 Å². The first-order valence-corrected chi connectivity index (χ1v) is 6.88. The van der Waals surface area contributed by atoms with Gasteiger partial charge in [0.25, 0.3) is 0 Å². The minimum atomic E-state index is -0.685. The highest BCUT2D eigenvalue weighted by molar-refractivity contribution is 5.90. The van der Waals surface area contributed by atoms with Crippen molar-refractivity contribution in [2.75, 3.05) is 7.11 Å². The number of carbonyl (C=O) groups excluding carboxylic acids is 1. The lowest BCUT2D eigenvalue weighted by Gasteiger charge is -2.19. The van der Waals surface area contributed by atoms with Crippen LogP contribution in [0.15, 0.2) is 42.5 Å². The number of benzene rings is 2. The molecule has 0 aliphatic carbocycles. The summed E-state index contributed by atoms with van der Waals surface area (Å²) in [6, 6.07) is 13.8. The van der Waals surface area contributed by atoms with Gasteiger partial charge in [-0.05, 0) is 29.7 Å². The fourth-order valence-electron chi connectivity index (χ4n) is 2.17. The number of esters is 1. The lowest BCUT2D eigenvalue weighted by atomic mass is 10.0. The Morgan fingerprint density at radius 1 is 1.15 bits per heavy atom. The van der Waals surface area contributed by atoms with Crippen molar-refractivity contribution >= 4 is 16.7 Å². The summed E-state index contributed by atoms with van der Waals surface area (Å²) in [5.41, 5.74) is 0.846. The van der Waals surface area contributed by atoms with Crippen molar-refractivity contribution in [1.29, 1.82) is 0 Å². The second-order valence-corrected chi connectivity index (χ2v) is 4.84. The zero-order valence-electron chi connectivity index (χ0n) is 12.1. The van der Waals surface area contributed by atoms with Crippen LogP contribution in [0.2, 0.25) is 0 Å². The number of carbonyl (C=O) groups is 1. The van der Waals surface area contributed by atoms with Crippen molar-refractivity contribution in [1.82, 2.24) is 0 Å². The molecule has 0 amide bonds. The first-order chi connectivity index (χ1) is 9.67. The number of rotatable bonds is 5. The van der Waals surface area contributed by atoms with E-state index in [1.807, 2.05) is 56.3 Å². The van der Waals surface area contributed by atoms with Crippen LogP contribution in [0.25, 0.3) is 10.8 Å². The summed E-state index contributed by atoms with van der Waals surface area (Å²) >= 11 is 0. The van der Waals surface area contributed by atoms with E-state index in [0.717, 1.165) is 22.8 Å². The zero-order valence-corrected chi connectivity index (χ0v) is 12.1. The van der Waals surface area contributed by atoms with Gasteiger partial charge < -0.3 is 9.47 Å². The maximum absolute atomic E-state index is 12.2. The van der Waals surface area contributed by atoms with Gasteiger partial charge in [0.1, 0.15) is 0 Å². The average molecular weight is 272 g/mol. The third kappa shape index (κ3) is 2.99. The molecular formula is C17H20O3. The molecule has 0 unspecified atom stereocenters. The van der Waals surface area contributed by atoms with Gasteiger partial charge in [-0.25, -0.2) is 4.79 Å². The lowest BCUT2D eigenvalue weighted by Crippen LogP contribution is -2.22. The quantitative estimate of drug-likeness (QED) is 0.775. The van der Waals surface area contributed by atoms with Gasteiger partial charge in [-0.1, -0.05) is 49.4 Å². The van der Waals surface area contributed by atoms with Crippen molar-refractivity contribution < 1.29 is 14.3 Å². The summed E-state index contributed by atoms with van der Waals surface area (Å²) in [5.74, 6) is -0.335. The van der Waals surface area contributed by atoms with Gasteiger partial charge in [-0.15, -0.1) is 0 Å². The summed E-state index contributed by atoms with van der Waals surface area (Å²) in [6.45, 7) is 3.87. The monoisotopic (exact) mass is 272 g/mol. The van der Waals surface area contributed by atoms with E-state index in [4.69, 9.17) is 9.47 Å². The summed E-state index contributed by atoms with van der Waals surface area (Å²) in [6.07, 6.45) is 0.00257. The first-order valence-electron chi connectivity index (χ1n) is 6.88. The fraction of sp³-hybridized carbons (Fsp3) is 0.353. The normalized spacial score (nSPS) is 13.9. The molecule has 0 heterocycles. The molecular weight excluding hydrogens is 252 g/mol. The molecule has 0 radical (unpaired) electrons. The number of hydrogen-bond donors (Lipinski definition) is 0. The second-order valence-electron chi connectivity index (χ2n) is 4.84. The summed E-state index contributed by atoms with van der Waals surface area (Å²) in [5, 5.41) is 2.10. The number of fused-ring (bicyclic) bond motifs is 1. The standard InChI is InChI=1S/C17H20O3/c1-4-12(2)20-17(18)16(19-3)15-11-7-9-13-8-5-6-10-14(13)15/h5-12,16H,4H2,1-3H3/t12-,16-/m1/s1. The van der Waals surface area contributed by atoms with Crippen molar-refractivity contribution in [3.05, 3.63) is 48.0 Å². The summed E-state index contributed by atoms with van der Waals surface area (Å²) in [7, 11) is 1.53. The molecule has 0 N–H and O–H groups in total. The van der Waals surface area contributed by atoms with E-state index in [1.54, 1.807) is 0 Å². The van der Waals surface area contributed by atoms with Crippen LogP contribution in [0.3, 0.4) is 0 Å². The van der Waals surface area contributed by atoms with Crippen molar-refractivity contribution in [2.24, 2.45) is 0 Å². The fourth-order valence-corrected chi connectivity index (χ4v) is 2.17. The van der Waals surface area contributed by atoms with Gasteiger partial charge in [-0.3, -0.25) is 0 Å². The molecule has 0 fully saturated rings. The van der Waals surface area contributed by atoms with Gasteiger partial charge in [0, 0.05) is 7.11 Å². The molecule has 0 bridgehead atoms. The predicted octanol–water partition coefficient (Wildman–Crippen LogP) is 3.87. The Bertz CT molecular complexity index is 586. The van der Waals surface area contributed by atoms with Crippen LogP contribution in [0.1, 0.15) is 31.9 Å². The Hall–Kier alpha value is -1.87. The molecule has 2 rings (SSSR count). The molecule has 2 atom stereocenters. The van der Waals surface area contributed by atoms with E-state index in [2.05, 4.69) is 0 Å². The molecule has 2 aromatic rings. The molecule has 0 saturated carbocycles. The van der Waals surface area contributed by atoms with Crippen LogP contribution in [-0.4, -0.2) is 19.2 Å². The van der Waals surface area contributed by atoms with Crippen LogP contribution >= 0.6 is 0 Å². The molecule has 3 heteroatoms. The SMILES string of the molecule is CC[C@@H](C)OC(=O)[C@H](OC)c1cccc2ccccc12. The van der Waals surface area contributed by atoms with E-state index in [9.17, 15) is 4.79 Å². The zero-order chi connectivity index (χ0) is 14.5. The topological polar surface area (TPSA) is 35.5 Å². The maximum Gasteiger partial charge on any atom is 0.340 e. The number of methoxy groups -OCH3 is 1. The molecule has 0 aliphatic heterocycles. The molecule has 0 aromatic heterocycles. The van der Waals surface area contributed by atoms with Crippen LogP contribution < -0.4 is 0 Å². The van der Waals surface area contributed by atoms with Crippen LogP contribution in [-0.2, 0) is 14.3 Å². The van der Waals surface area contributed by atoms with Gasteiger partial charge in [0.2, 0.25) is 0 Å². The highest BCUT2D eigenvalue weighted by Crippen LogP contribution is 2.27. The highest BCUT2D eigenvalue weighted by atomic mass is 16.6. The minimum absolute atomic E-state index is 0.102. The van der Waals surface area contributed by atoms with Crippen molar-refractivity contribution in [3.8, 4) is 0 Å². The molecule has 0 aliphatic rings. The van der Waals surface area contributed by atoms with Crippen LogP contribution in [0, 0.1) is 0 Å². The largest absolute Gasteiger partial charge is 0.461 e. The third-order valence-corrected chi connectivity index (χ3v) is 3.45. The Balaban J connectivity index is 2.37. The number of ether oxygens (including phenoxy) is 2. The van der Waals surface area contributed by atoms with E-state index in [-0.39, 0.29) is 12.1 Å². The molecule has 0 spiro atoms. The average Bonchev–Trinajstić information content (AvgIpc) is 2.48. The molecule has 106 valence electrons. The summed E-state index contributed by atoms with van der Waals surface area (Å²) < 4.78 is 10.8. The lowest BCUT2D eigenvalue weighted by molar-refractivity contribution is -0.160. The van der Waals surface area contributed by atoms with Gasteiger partial charge >= 0.3 is 5.97 Å². The Labute approximate surface area is 119 Å². The van der Waals surface area contributed by atoms with Gasteiger partial charge in [-0.2, -0.15) is 0 Å². The molecule has 20 heavy (non-hydrogen) atoms. The van der Waals surface area contributed by atoms with Crippen LogP contribution in [0.4, 0.5) is 0 Å². The Kier molecular flexibility index (Phi) is 4.74. The van der Waals surface area contributed by atoms with Gasteiger partial charge in [0.05, 0.1) is 6.10 Å². The highest BCUT2D eigenvalue weighted by Gasteiger charge is 2.24. The van der Waals surface area contributed by atoms with Gasteiger partial charge in [0.15, 0.2) is 6.10 Å².